The average Bonchev–Trinajstić information content (AvgIpc) is 2.51. The zero-order valence-electron chi connectivity index (χ0n) is 14.9. The second kappa shape index (κ2) is 18.3. The fourth-order valence-corrected chi connectivity index (χ4v) is 5.55. The van der Waals surface area contributed by atoms with Gasteiger partial charge in [-0.05, 0) is 19.3 Å². The summed E-state index contributed by atoms with van der Waals surface area (Å²) >= 11 is -0.857. The van der Waals surface area contributed by atoms with Gasteiger partial charge in [-0.2, -0.15) is 0 Å². The highest BCUT2D eigenvalue weighted by molar-refractivity contribution is 6.51. The first-order chi connectivity index (χ1) is 10.3. The molecular weight excluding hydrogens is 271 g/mol. The van der Waals surface area contributed by atoms with Crippen LogP contribution in [0, 0.1) is 0 Å². The molecule has 0 aromatic carbocycles. The molecule has 0 bridgehead atoms. The average molecular weight is 311 g/mol. The van der Waals surface area contributed by atoms with Gasteiger partial charge in [-0.15, -0.1) is 6.58 Å². The van der Waals surface area contributed by atoms with Crippen molar-refractivity contribution in [3.8, 4) is 0 Å². The van der Waals surface area contributed by atoms with Crippen LogP contribution in [0.5, 0.6) is 0 Å². The monoisotopic (exact) mass is 310 g/mol. The quantitative estimate of drug-likeness (QED) is 0.161. The largest absolute Gasteiger partial charge is 0.501 e. The van der Waals surface area contributed by atoms with Crippen molar-refractivity contribution >= 4 is 14.5 Å². The maximum absolute atomic E-state index is 6.23. The number of rotatable bonds is 17. The van der Waals surface area contributed by atoms with Crippen LogP contribution >= 0.6 is 0 Å². The van der Waals surface area contributed by atoms with Gasteiger partial charge >= 0.3 is 14.5 Å². The van der Waals surface area contributed by atoms with Gasteiger partial charge in [0.05, 0.1) is 0 Å². The van der Waals surface area contributed by atoms with Crippen molar-refractivity contribution < 1.29 is 3.79 Å². The molecule has 0 aliphatic heterocycles. The van der Waals surface area contributed by atoms with Gasteiger partial charge in [0, 0.05) is 6.61 Å². The first kappa shape index (κ1) is 21.2. The Morgan fingerprint density at radius 3 is 1.81 bits per heavy atom. The van der Waals surface area contributed by atoms with E-state index < -0.39 is 14.5 Å². The Morgan fingerprint density at radius 2 is 1.29 bits per heavy atom. The third-order valence-corrected chi connectivity index (χ3v) is 6.98. The minimum absolute atomic E-state index is 0.857. The molecule has 0 aromatic rings. The van der Waals surface area contributed by atoms with Crippen LogP contribution in [-0.2, 0) is 3.79 Å². The Morgan fingerprint density at radius 1 is 0.762 bits per heavy atom. The summed E-state index contributed by atoms with van der Waals surface area (Å²) < 4.78 is 6.23. The Labute approximate surface area is 139 Å². The lowest BCUT2D eigenvalue weighted by molar-refractivity contribution is 0.302. The van der Waals surface area contributed by atoms with E-state index in [4.69, 9.17) is 3.79 Å². The van der Waals surface area contributed by atoms with Gasteiger partial charge in [0.15, 0.2) is 0 Å². The van der Waals surface area contributed by atoms with Crippen LogP contribution in [0.3, 0.4) is 0 Å². The topological polar surface area (TPSA) is 9.23 Å². The predicted molar refractivity (Wildman–Crippen MR) is 98.3 cm³/mol. The van der Waals surface area contributed by atoms with Crippen molar-refractivity contribution in [3.05, 3.63) is 12.7 Å². The van der Waals surface area contributed by atoms with Crippen molar-refractivity contribution in [2.45, 2.75) is 101 Å². The van der Waals surface area contributed by atoms with Crippen molar-refractivity contribution in [2.75, 3.05) is 6.61 Å². The van der Waals surface area contributed by atoms with E-state index in [1.165, 1.54) is 87.6 Å². The van der Waals surface area contributed by atoms with Crippen molar-refractivity contribution in [3.63, 3.8) is 0 Å². The lowest BCUT2D eigenvalue weighted by atomic mass is 10.1. The molecule has 0 atom stereocenters. The van der Waals surface area contributed by atoms with E-state index in [-0.39, 0.29) is 0 Å². The van der Waals surface area contributed by atoms with Crippen LogP contribution in [0.2, 0.25) is 10.6 Å². The van der Waals surface area contributed by atoms with Crippen LogP contribution in [0.15, 0.2) is 12.7 Å². The molecule has 124 valence electrons. The molecule has 0 heterocycles. The maximum Gasteiger partial charge on any atom is 0.460 e. The molecule has 2 heteroatoms. The highest BCUT2D eigenvalue weighted by Crippen LogP contribution is 2.13. The summed E-state index contributed by atoms with van der Waals surface area (Å²) in [6, 6.07) is 0. The molecule has 0 aliphatic rings. The molecule has 0 fully saturated rings. The van der Waals surface area contributed by atoms with E-state index in [1.54, 1.807) is 0 Å². The van der Waals surface area contributed by atoms with Gasteiger partial charge in [0.2, 0.25) is 0 Å². The fraction of sp³-hybridized carbons (Fsp3) is 0.895. The molecule has 0 aliphatic carbocycles. The third kappa shape index (κ3) is 16.4. The van der Waals surface area contributed by atoms with Gasteiger partial charge in [-0.3, -0.25) is 0 Å². The zero-order valence-corrected chi connectivity index (χ0v) is 16.0. The Kier molecular flexibility index (Phi) is 18.5. The maximum atomic E-state index is 6.23. The van der Waals surface area contributed by atoms with Crippen molar-refractivity contribution in [1.29, 1.82) is 0 Å². The van der Waals surface area contributed by atoms with Crippen LogP contribution < -0.4 is 0 Å². The first-order valence-corrected chi connectivity index (χ1v) is 11.7. The summed E-state index contributed by atoms with van der Waals surface area (Å²) in [5.41, 5.74) is 0. The first-order valence-electron chi connectivity index (χ1n) is 9.57. The van der Waals surface area contributed by atoms with Crippen LogP contribution in [-0.4, -0.2) is 21.1 Å². The Bertz CT molecular complexity index is 198. The lowest BCUT2D eigenvalue weighted by Gasteiger charge is -2.12. The van der Waals surface area contributed by atoms with E-state index in [0.29, 0.717) is 0 Å². The second-order valence-corrected chi connectivity index (χ2v) is 9.06. The molecular formula is C19H39AlO. The minimum atomic E-state index is -0.857. The van der Waals surface area contributed by atoms with Crippen molar-refractivity contribution in [1.82, 2.24) is 0 Å². The molecule has 0 saturated heterocycles. The van der Waals surface area contributed by atoms with Crippen LogP contribution in [0.25, 0.3) is 0 Å². The molecule has 0 N–H and O–H groups in total. The molecule has 0 unspecified atom stereocenters. The zero-order chi connectivity index (χ0) is 15.6. The standard InChI is InChI=1S/C11H21O.2C4H9.Al/c1-2-3-4-5-6-7-8-9-10-11-12;2*1-3-4-2;/h2H,1,3-11H2;2*1,3-4H2,2H3;/q-1;;;+1. The van der Waals surface area contributed by atoms with E-state index in [1.807, 2.05) is 6.08 Å². The Hall–Kier alpha value is 0.232. The smallest absolute Gasteiger partial charge is 0.460 e. The van der Waals surface area contributed by atoms with E-state index in [9.17, 15) is 0 Å². The number of hydrogen-bond acceptors (Lipinski definition) is 1. The van der Waals surface area contributed by atoms with Gasteiger partial charge in [0.25, 0.3) is 0 Å². The highest BCUT2D eigenvalue weighted by atomic mass is 27.2. The van der Waals surface area contributed by atoms with Crippen molar-refractivity contribution in [2.24, 2.45) is 0 Å². The summed E-state index contributed by atoms with van der Waals surface area (Å²) in [4.78, 5) is 0. The molecule has 21 heavy (non-hydrogen) atoms. The molecule has 0 amide bonds. The highest BCUT2D eigenvalue weighted by Gasteiger charge is 2.18. The van der Waals surface area contributed by atoms with E-state index >= 15 is 0 Å². The van der Waals surface area contributed by atoms with Crippen LogP contribution in [0.1, 0.15) is 90.9 Å². The SMILES string of the molecule is C=CCCCCCCCCC[O][Al]([CH2]CCC)[CH2]CCC. The summed E-state index contributed by atoms with van der Waals surface area (Å²) in [5.74, 6) is 0. The lowest BCUT2D eigenvalue weighted by Crippen LogP contribution is -2.18. The molecule has 0 rings (SSSR count). The molecule has 0 aromatic heterocycles. The van der Waals surface area contributed by atoms with Crippen LogP contribution in [0.4, 0.5) is 0 Å². The van der Waals surface area contributed by atoms with Gasteiger partial charge in [-0.1, -0.05) is 88.3 Å². The second-order valence-electron chi connectivity index (χ2n) is 6.33. The molecule has 0 spiro atoms. The van der Waals surface area contributed by atoms with Gasteiger partial charge < -0.3 is 3.79 Å². The minimum Gasteiger partial charge on any atom is -0.501 e. The third-order valence-electron chi connectivity index (χ3n) is 4.17. The summed E-state index contributed by atoms with van der Waals surface area (Å²) in [6.45, 7) is 9.40. The Balaban J connectivity index is 3.37. The summed E-state index contributed by atoms with van der Waals surface area (Å²) in [6.07, 6.45) is 18.2. The predicted octanol–water partition coefficient (Wildman–Crippen LogP) is 6.90. The number of hydrogen-bond donors (Lipinski definition) is 0. The summed E-state index contributed by atoms with van der Waals surface area (Å²) in [7, 11) is 0. The molecule has 0 saturated carbocycles. The van der Waals surface area contributed by atoms with E-state index in [2.05, 4.69) is 20.4 Å². The van der Waals surface area contributed by atoms with Gasteiger partial charge in [-0.25, -0.2) is 0 Å². The fourth-order valence-electron chi connectivity index (χ4n) is 2.70. The van der Waals surface area contributed by atoms with E-state index in [0.717, 1.165) is 6.61 Å². The van der Waals surface area contributed by atoms with Gasteiger partial charge in [0.1, 0.15) is 0 Å². The number of unbranched alkanes of at least 4 members (excludes halogenated alkanes) is 9. The number of allylic oxidation sites excluding steroid dienone is 1. The normalized spacial score (nSPS) is 10.8. The molecule has 0 radical (unpaired) electrons. The molecule has 1 nitrogen and oxygen atoms in total. The summed E-state index contributed by atoms with van der Waals surface area (Å²) in [5, 5.41) is 2.81.